The molecule has 2 aromatic rings. The van der Waals surface area contributed by atoms with E-state index in [1.807, 2.05) is 6.07 Å². The number of benzene rings is 1. The summed E-state index contributed by atoms with van der Waals surface area (Å²) in [6, 6.07) is 9.16. The summed E-state index contributed by atoms with van der Waals surface area (Å²) in [5.41, 5.74) is 5.03. The lowest BCUT2D eigenvalue weighted by molar-refractivity contribution is 0.352. The second-order valence-corrected chi connectivity index (χ2v) is 5.74. The minimum Gasteiger partial charge on any atom is -0.497 e. The molecule has 1 aromatic heterocycles. The smallest absolute Gasteiger partial charge is 0.119 e. The van der Waals surface area contributed by atoms with E-state index in [0.717, 1.165) is 24.4 Å². The first-order chi connectivity index (χ1) is 10.1. The van der Waals surface area contributed by atoms with Crippen molar-refractivity contribution in [2.24, 2.45) is 0 Å². The van der Waals surface area contributed by atoms with Crippen molar-refractivity contribution in [3.63, 3.8) is 0 Å². The number of likely N-dealkylation sites (N-methyl/N-ethyl adjacent to an activating group) is 1. The van der Waals surface area contributed by atoms with Crippen molar-refractivity contribution in [2.75, 3.05) is 13.7 Å². The van der Waals surface area contributed by atoms with Gasteiger partial charge in [-0.3, -0.25) is 4.68 Å². The van der Waals surface area contributed by atoms with Crippen molar-refractivity contribution in [3.8, 4) is 5.75 Å². The SMILES string of the molecule is CCNC1c2cc(OC)ccc2CC1n1nc(C)cc1C. The van der Waals surface area contributed by atoms with Crippen LogP contribution in [0.2, 0.25) is 0 Å². The van der Waals surface area contributed by atoms with Gasteiger partial charge >= 0.3 is 0 Å². The third-order valence-electron chi connectivity index (χ3n) is 4.28. The van der Waals surface area contributed by atoms with Gasteiger partial charge in [0, 0.05) is 5.69 Å². The van der Waals surface area contributed by atoms with Crippen molar-refractivity contribution >= 4 is 0 Å². The molecule has 1 aromatic carbocycles. The van der Waals surface area contributed by atoms with Crippen molar-refractivity contribution in [2.45, 2.75) is 39.3 Å². The van der Waals surface area contributed by atoms with Crippen LogP contribution in [-0.4, -0.2) is 23.4 Å². The standard InChI is InChI=1S/C17H23N3O/c1-5-18-17-15-10-14(21-4)7-6-13(15)9-16(17)20-12(3)8-11(2)19-20/h6-8,10,16-18H,5,9H2,1-4H3. The number of aromatic nitrogens is 2. The van der Waals surface area contributed by atoms with Gasteiger partial charge in [-0.1, -0.05) is 13.0 Å². The normalized spacial score (nSPS) is 20.6. The fourth-order valence-electron chi connectivity index (χ4n) is 3.40. The molecule has 0 aliphatic heterocycles. The third-order valence-corrected chi connectivity index (χ3v) is 4.28. The van der Waals surface area contributed by atoms with Gasteiger partial charge in [0.05, 0.1) is 24.9 Å². The minimum absolute atomic E-state index is 0.290. The molecular formula is C17H23N3O. The lowest BCUT2D eigenvalue weighted by atomic mass is 10.1. The van der Waals surface area contributed by atoms with E-state index in [9.17, 15) is 0 Å². The Morgan fingerprint density at radius 3 is 2.76 bits per heavy atom. The van der Waals surface area contributed by atoms with E-state index in [-0.39, 0.29) is 6.04 Å². The van der Waals surface area contributed by atoms with E-state index >= 15 is 0 Å². The summed E-state index contributed by atoms with van der Waals surface area (Å²) >= 11 is 0. The Balaban J connectivity index is 2.02. The lowest BCUT2D eigenvalue weighted by Crippen LogP contribution is -2.28. The number of methoxy groups -OCH3 is 1. The van der Waals surface area contributed by atoms with Crippen LogP contribution in [0.15, 0.2) is 24.3 Å². The molecule has 1 aliphatic carbocycles. The van der Waals surface area contributed by atoms with E-state index in [1.54, 1.807) is 7.11 Å². The van der Waals surface area contributed by atoms with Crippen LogP contribution >= 0.6 is 0 Å². The van der Waals surface area contributed by atoms with E-state index in [4.69, 9.17) is 9.84 Å². The highest BCUT2D eigenvalue weighted by atomic mass is 16.5. The Morgan fingerprint density at radius 1 is 1.33 bits per heavy atom. The van der Waals surface area contributed by atoms with Gasteiger partial charge in [0.2, 0.25) is 0 Å². The highest BCUT2D eigenvalue weighted by Crippen LogP contribution is 2.41. The van der Waals surface area contributed by atoms with Gasteiger partial charge in [-0.2, -0.15) is 5.10 Å². The summed E-state index contributed by atoms with van der Waals surface area (Å²) in [6.07, 6.45) is 1.01. The summed E-state index contributed by atoms with van der Waals surface area (Å²) in [6.45, 7) is 7.27. The van der Waals surface area contributed by atoms with Crippen LogP contribution in [0, 0.1) is 13.8 Å². The predicted octanol–water partition coefficient (Wildman–Crippen LogP) is 2.96. The highest BCUT2D eigenvalue weighted by molar-refractivity contribution is 5.42. The predicted molar refractivity (Wildman–Crippen MR) is 83.9 cm³/mol. The summed E-state index contributed by atoms with van der Waals surface area (Å²) < 4.78 is 7.56. The Bertz CT molecular complexity index is 647. The molecule has 0 saturated carbocycles. The van der Waals surface area contributed by atoms with Crippen molar-refractivity contribution in [1.82, 2.24) is 15.1 Å². The third kappa shape index (κ3) is 2.44. The van der Waals surface area contributed by atoms with Gasteiger partial charge in [0.1, 0.15) is 5.75 Å². The number of fused-ring (bicyclic) bond motifs is 1. The molecule has 0 bridgehead atoms. The minimum atomic E-state index is 0.290. The van der Waals surface area contributed by atoms with Crippen molar-refractivity contribution in [3.05, 3.63) is 46.8 Å². The summed E-state index contributed by atoms with van der Waals surface area (Å²) in [5, 5.41) is 8.32. The summed E-state index contributed by atoms with van der Waals surface area (Å²) in [4.78, 5) is 0. The zero-order valence-corrected chi connectivity index (χ0v) is 13.2. The zero-order valence-electron chi connectivity index (χ0n) is 13.2. The first-order valence-corrected chi connectivity index (χ1v) is 7.57. The van der Waals surface area contributed by atoms with Gasteiger partial charge in [0.15, 0.2) is 0 Å². The zero-order chi connectivity index (χ0) is 15.0. The number of nitrogens with one attached hydrogen (secondary N) is 1. The summed E-state index contributed by atoms with van der Waals surface area (Å²) in [7, 11) is 1.72. The molecule has 2 atom stereocenters. The molecule has 0 spiro atoms. The van der Waals surface area contributed by atoms with E-state index < -0.39 is 0 Å². The van der Waals surface area contributed by atoms with Crippen LogP contribution in [-0.2, 0) is 6.42 Å². The van der Waals surface area contributed by atoms with E-state index in [1.165, 1.54) is 16.8 Å². The number of nitrogens with zero attached hydrogens (tertiary/aromatic N) is 2. The van der Waals surface area contributed by atoms with Gasteiger partial charge < -0.3 is 10.1 Å². The van der Waals surface area contributed by atoms with Crippen LogP contribution in [0.4, 0.5) is 0 Å². The summed E-state index contributed by atoms with van der Waals surface area (Å²) in [5.74, 6) is 0.922. The fourth-order valence-corrected chi connectivity index (χ4v) is 3.40. The molecule has 3 rings (SSSR count). The van der Waals surface area contributed by atoms with Crippen molar-refractivity contribution in [1.29, 1.82) is 0 Å². The van der Waals surface area contributed by atoms with Gasteiger partial charge in [-0.25, -0.2) is 0 Å². The molecule has 21 heavy (non-hydrogen) atoms. The topological polar surface area (TPSA) is 39.1 Å². The van der Waals surface area contributed by atoms with Crippen LogP contribution in [0.3, 0.4) is 0 Å². The molecule has 1 heterocycles. The second kappa shape index (κ2) is 5.53. The maximum Gasteiger partial charge on any atom is 0.119 e. The van der Waals surface area contributed by atoms with Gasteiger partial charge in [0.25, 0.3) is 0 Å². The molecule has 1 N–H and O–H groups in total. The van der Waals surface area contributed by atoms with Crippen LogP contribution < -0.4 is 10.1 Å². The monoisotopic (exact) mass is 285 g/mol. The van der Waals surface area contributed by atoms with Crippen LogP contribution in [0.25, 0.3) is 0 Å². The van der Waals surface area contributed by atoms with Crippen LogP contribution in [0.5, 0.6) is 5.75 Å². The number of aryl methyl sites for hydroxylation is 2. The Labute approximate surface area is 126 Å². The largest absolute Gasteiger partial charge is 0.497 e. The average Bonchev–Trinajstić information content (AvgIpc) is 2.99. The molecule has 112 valence electrons. The second-order valence-electron chi connectivity index (χ2n) is 5.74. The van der Waals surface area contributed by atoms with Crippen LogP contribution in [0.1, 0.15) is 41.5 Å². The van der Waals surface area contributed by atoms with Gasteiger partial charge in [-0.15, -0.1) is 0 Å². The molecular weight excluding hydrogens is 262 g/mol. The fraction of sp³-hybridized carbons (Fsp3) is 0.471. The molecule has 4 heteroatoms. The Hall–Kier alpha value is -1.81. The molecule has 0 radical (unpaired) electrons. The number of rotatable bonds is 4. The van der Waals surface area contributed by atoms with E-state index in [0.29, 0.717) is 6.04 Å². The molecule has 1 aliphatic rings. The maximum absolute atomic E-state index is 5.38. The molecule has 4 nitrogen and oxygen atoms in total. The van der Waals surface area contributed by atoms with Gasteiger partial charge in [-0.05, 0) is 56.1 Å². The molecule has 0 fully saturated rings. The Kier molecular flexibility index (Phi) is 3.72. The number of hydrogen-bond acceptors (Lipinski definition) is 3. The maximum atomic E-state index is 5.38. The quantitative estimate of drug-likeness (QED) is 0.938. The molecule has 2 unspecified atom stereocenters. The lowest BCUT2D eigenvalue weighted by Gasteiger charge is -2.23. The van der Waals surface area contributed by atoms with Crippen molar-refractivity contribution < 1.29 is 4.74 Å². The average molecular weight is 285 g/mol. The Morgan fingerprint density at radius 2 is 2.14 bits per heavy atom. The number of hydrogen-bond donors (Lipinski definition) is 1. The van der Waals surface area contributed by atoms with E-state index in [2.05, 4.69) is 49.0 Å². The molecule has 0 amide bonds. The first kappa shape index (κ1) is 14.1. The highest BCUT2D eigenvalue weighted by Gasteiger charge is 2.34. The molecule has 0 saturated heterocycles. The number of ether oxygens (including phenoxy) is 1. The first-order valence-electron chi connectivity index (χ1n) is 7.57.